The van der Waals surface area contributed by atoms with Gasteiger partial charge in [0.05, 0.1) is 25.9 Å². The van der Waals surface area contributed by atoms with E-state index in [1.165, 1.54) is 12.1 Å². The van der Waals surface area contributed by atoms with Crippen molar-refractivity contribution in [2.24, 2.45) is 4.99 Å². The van der Waals surface area contributed by atoms with Gasteiger partial charge in [0.2, 0.25) is 0 Å². The summed E-state index contributed by atoms with van der Waals surface area (Å²) < 4.78 is 24.8. The van der Waals surface area contributed by atoms with Gasteiger partial charge in [-0.3, -0.25) is 9.89 Å². The van der Waals surface area contributed by atoms with Crippen LogP contribution in [0.15, 0.2) is 29.3 Å². The molecular weight excluding hydrogens is 498 g/mol. The molecule has 2 unspecified atom stereocenters. The van der Waals surface area contributed by atoms with Crippen LogP contribution in [-0.2, 0) is 9.47 Å². The van der Waals surface area contributed by atoms with E-state index >= 15 is 0 Å². The van der Waals surface area contributed by atoms with E-state index in [9.17, 15) is 4.39 Å². The van der Waals surface area contributed by atoms with Gasteiger partial charge >= 0.3 is 0 Å². The minimum Gasteiger partial charge on any atom is -0.379 e. The van der Waals surface area contributed by atoms with Gasteiger partial charge in [0.25, 0.3) is 0 Å². The summed E-state index contributed by atoms with van der Waals surface area (Å²) in [6, 6.07) is 6.62. The van der Waals surface area contributed by atoms with Crippen LogP contribution in [0.4, 0.5) is 4.39 Å². The minimum atomic E-state index is -0.221. The number of morpholine rings is 2. The van der Waals surface area contributed by atoms with Crippen molar-refractivity contribution in [3.8, 4) is 0 Å². The summed E-state index contributed by atoms with van der Waals surface area (Å²) in [4.78, 5) is 9.61. The molecule has 0 amide bonds. The molecule has 1 N–H and O–H groups in total. The lowest BCUT2D eigenvalue weighted by Crippen LogP contribution is -2.50. The third kappa shape index (κ3) is 7.94. The quantitative estimate of drug-likeness (QED) is 0.252. The topological polar surface area (TPSA) is 49.3 Å². The maximum atomic E-state index is 13.3. The van der Waals surface area contributed by atoms with Gasteiger partial charge in [0.1, 0.15) is 11.9 Å². The Kier molecular flexibility index (Phi) is 11.3. The van der Waals surface area contributed by atoms with Crippen molar-refractivity contribution in [2.75, 3.05) is 59.0 Å². The van der Waals surface area contributed by atoms with Crippen molar-refractivity contribution >= 4 is 29.9 Å². The highest BCUT2D eigenvalue weighted by Crippen LogP contribution is 2.25. The van der Waals surface area contributed by atoms with Gasteiger partial charge in [-0.1, -0.05) is 12.1 Å². The zero-order valence-corrected chi connectivity index (χ0v) is 20.5. The highest BCUT2D eigenvalue weighted by Gasteiger charge is 2.28. The second kappa shape index (κ2) is 13.4. The molecular formula is C22H36FIN4O2. The van der Waals surface area contributed by atoms with E-state index in [0.717, 1.165) is 83.4 Å². The molecule has 30 heavy (non-hydrogen) atoms. The van der Waals surface area contributed by atoms with Crippen molar-refractivity contribution in [3.63, 3.8) is 0 Å². The van der Waals surface area contributed by atoms with Crippen molar-refractivity contribution in [1.82, 2.24) is 15.1 Å². The summed E-state index contributed by atoms with van der Waals surface area (Å²) in [5, 5.41) is 3.43. The molecule has 2 aliphatic heterocycles. The summed E-state index contributed by atoms with van der Waals surface area (Å²) >= 11 is 0. The normalized spacial score (nSPS) is 23.2. The van der Waals surface area contributed by atoms with Crippen LogP contribution in [0.5, 0.6) is 0 Å². The maximum Gasteiger partial charge on any atom is 0.194 e. The van der Waals surface area contributed by atoms with Gasteiger partial charge in [0.15, 0.2) is 5.96 Å². The fourth-order valence-electron chi connectivity index (χ4n) is 3.87. The van der Waals surface area contributed by atoms with Crippen LogP contribution in [0, 0.1) is 5.82 Å². The molecule has 6 nitrogen and oxygen atoms in total. The number of guanidine groups is 1. The van der Waals surface area contributed by atoms with Gasteiger partial charge in [-0.2, -0.15) is 0 Å². The molecule has 8 heteroatoms. The molecule has 2 saturated heterocycles. The Hall–Kier alpha value is -0.970. The monoisotopic (exact) mass is 534 g/mol. The first kappa shape index (κ1) is 25.3. The second-order valence-electron chi connectivity index (χ2n) is 7.79. The number of benzene rings is 1. The summed E-state index contributed by atoms with van der Waals surface area (Å²) in [7, 11) is 0. The standard InChI is InChI=1S/C22H35FN4O2.HI/c1-3-24-22(25-10-4-5-11-26-12-14-28-15-13-26)27-16-18(2)29-21(17-27)19-6-8-20(23)9-7-19;/h6-9,18,21H,3-5,10-17H2,1-2H3,(H,24,25);1H. The van der Waals surface area contributed by atoms with Crippen molar-refractivity contribution in [1.29, 1.82) is 0 Å². The Labute approximate surface area is 197 Å². The van der Waals surface area contributed by atoms with Gasteiger partial charge in [-0.05, 0) is 50.9 Å². The largest absolute Gasteiger partial charge is 0.379 e. The highest BCUT2D eigenvalue weighted by atomic mass is 127. The summed E-state index contributed by atoms with van der Waals surface area (Å²) in [6.07, 6.45) is 2.24. The lowest BCUT2D eigenvalue weighted by molar-refractivity contribution is -0.0605. The number of halogens is 2. The summed E-state index contributed by atoms with van der Waals surface area (Å²) in [5.74, 6) is 0.725. The zero-order chi connectivity index (χ0) is 20.5. The van der Waals surface area contributed by atoms with Crippen LogP contribution >= 0.6 is 24.0 Å². The van der Waals surface area contributed by atoms with Gasteiger partial charge < -0.3 is 19.7 Å². The number of unbranched alkanes of at least 4 members (excludes halogenated alkanes) is 1. The zero-order valence-electron chi connectivity index (χ0n) is 18.2. The van der Waals surface area contributed by atoms with Crippen molar-refractivity contribution in [2.45, 2.75) is 38.9 Å². The number of nitrogens with one attached hydrogen (secondary N) is 1. The third-order valence-corrected chi connectivity index (χ3v) is 5.38. The molecule has 0 aromatic heterocycles. The molecule has 2 atom stereocenters. The fourth-order valence-corrected chi connectivity index (χ4v) is 3.87. The highest BCUT2D eigenvalue weighted by molar-refractivity contribution is 14.0. The molecule has 0 spiro atoms. The van der Waals surface area contributed by atoms with Crippen molar-refractivity contribution in [3.05, 3.63) is 35.6 Å². The van der Waals surface area contributed by atoms with E-state index in [2.05, 4.69) is 29.0 Å². The number of ether oxygens (including phenoxy) is 2. The van der Waals surface area contributed by atoms with E-state index in [-0.39, 0.29) is 42.0 Å². The Bertz CT molecular complexity index is 641. The Morgan fingerprint density at radius 3 is 2.60 bits per heavy atom. The fraction of sp³-hybridized carbons (Fsp3) is 0.682. The molecule has 2 heterocycles. The summed E-state index contributed by atoms with van der Waals surface area (Å²) in [5.41, 5.74) is 1.00. The predicted molar refractivity (Wildman–Crippen MR) is 129 cm³/mol. The number of nitrogens with zero attached hydrogens (tertiary/aromatic N) is 3. The van der Waals surface area contributed by atoms with E-state index < -0.39 is 0 Å². The molecule has 2 aliphatic rings. The van der Waals surface area contributed by atoms with Crippen LogP contribution in [-0.4, -0.2) is 80.9 Å². The van der Waals surface area contributed by atoms with Crippen LogP contribution in [0.25, 0.3) is 0 Å². The number of aliphatic imine (C=N–C) groups is 1. The van der Waals surface area contributed by atoms with E-state index in [1.54, 1.807) is 0 Å². The molecule has 2 fully saturated rings. The predicted octanol–water partition coefficient (Wildman–Crippen LogP) is 3.28. The maximum absolute atomic E-state index is 13.3. The Morgan fingerprint density at radius 1 is 1.17 bits per heavy atom. The lowest BCUT2D eigenvalue weighted by atomic mass is 10.1. The van der Waals surface area contributed by atoms with Crippen LogP contribution in [0.1, 0.15) is 38.4 Å². The number of hydrogen-bond donors (Lipinski definition) is 1. The average Bonchev–Trinajstić information content (AvgIpc) is 2.73. The van der Waals surface area contributed by atoms with Gasteiger partial charge in [0, 0.05) is 32.7 Å². The van der Waals surface area contributed by atoms with E-state index in [4.69, 9.17) is 14.5 Å². The number of hydrogen-bond acceptors (Lipinski definition) is 4. The van der Waals surface area contributed by atoms with Crippen LogP contribution < -0.4 is 5.32 Å². The van der Waals surface area contributed by atoms with Gasteiger partial charge in [-0.25, -0.2) is 4.39 Å². The SMILES string of the molecule is CCNC(=NCCCCN1CCOCC1)N1CC(C)OC(c2ccc(F)cc2)C1.I. The molecule has 3 rings (SSSR count). The summed E-state index contributed by atoms with van der Waals surface area (Å²) in [6.45, 7) is 12.3. The molecule has 0 aliphatic carbocycles. The molecule has 0 radical (unpaired) electrons. The first-order chi connectivity index (χ1) is 14.2. The molecule has 1 aromatic rings. The molecule has 0 saturated carbocycles. The van der Waals surface area contributed by atoms with E-state index in [0.29, 0.717) is 0 Å². The second-order valence-corrected chi connectivity index (χ2v) is 7.79. The molecule has 0 bridgehead atoms. The Morgan fingerprint density at radius 2 is 1.90 bits per heavy atom. The Balaban J connectivity index is 0.00000320. The van der Waals surface area contributed by atoms with Gasteiger partial charge in [-0.15, -0.1) is 24.0 Å². The van der Waals surface area contributed by atoms with E-state index in [1.807, 2.05) is 12.1 Å². The first-order valence-electron chi connectivity index (χ1n) is 10.9. The lowest BCUT2D eigenvalue weighted by Gasteiger charge is -2.38. The first-order valence-corrected chi connectivity index (χ1v) is 10.9. The third-order valence-electron chi connectivity index (χ3n) is 5.38. The molecule has 170 valence electrons. The van der Waals surface area contributed by atoms with Crippen LogP contribution in [0.2, 0.25) is 0 Å². The smallest absolute Gasteiger partial charge is 0.194 e. The minimum absolute atomic E-state index is 0. The molecule has 1 aromatic carbocycles. The van der Waals surface area contributed by atoms with Crippen LogP contribution in [0.3, 0.4) is 0 Å². The average molecular weight is 534 g/mol. The number of rotatable bonds is 7. The van der Waals surface area contributed by atoms with Crippen molar-refractivity contribution < 1.29 is 13.9 Å².